The molecule has 154 valence electrons. The van der Waals surface area contributed by atoms with E-state index in [1.165, 1.54) is 4.90 Å². The van der Waals surface area contributed by atoms with Crippen LogP contribution in [0.5, 0.6) is 0 Å². The Bertz CT molecular complexity index is 738. The Hall–Kier alpha value is -2.75. The van der Waals surface area contributed by atoms with Gasteiger partial charge in [0.15, 0.2) is 0 Å². The molecule has 2 amide bonds. The van der Waals surface area contributed by atoms with Crippen LogP contribution in [0.2, 0.25) is 0 Å². The predicted molar refractivity (Wildman–Crippen MR) is 96.1 cm³/mol. The van der Waals surface area contributed by atoms with Gasteiger partial charge in [0.2, 0.25) is 0 Å². The molecule has 28 heavy (non-hydrogen) atoms. The number of aliphatic carboxylic acids is 2. The zero-order valence-electron chi connectivity index (χ0n) is 15.6. The number of amides is 2. The van der Waals surface area contributed by atoms with Crippen LogP contribution in [0.1, 0.15) is 20.3 Å². The molecule has 0 unspecified atom stereocenters. The lowest BCUT2D eigenvalue weighted by Crippen LogP contribution is -2.53. The molecule has 0 saturated carbocycles. The number of carbonyl (C=O) groups excluding carboxylic acids is 1. The number of hydrogen-bond donors (Lipinski definition) is 3. The van der Waals surface area contributed by atoms with Gasteiger partial charge in [-0.3, -0.25) is 19.8 Å². The van der Waals surface area contributed by atoms with Crippen molar-refractivity contribution in [3.8, 4) is 0 Å². The zero-order valence-corrected chi connectivity index (χ0v) is 15.6. The first kappa shape index (κ1) is 21.5. The molecule has 0 aliphatic carbocycles. The second-order valence-electron chi connectivity index (χ2n) is 7.09. The molecule has 2 rings (SSSR count). The highest BCUT2D eigenvalue weighted by atomic mass is 19.1. The molecule has 3 N–H and O–H groups in total. The molecule has 1 aromatic rings. The van der Waals surface area contributed by atoms with E-state index in [-0.39, 0.29) is 37.7 Å². The third kappa shape index (κ3) is 5.38. The first-order valence-electron chi connectivity index (χ1n) is 8.82. The van der Waals surface area contributed by atoms with Gasteiger partial charge in [-0.25, -0.2) is 13.6 Å². The van der Waals surface area contributed by atoms with Gasteiger partial charge in [0.1, 0.15) is 23.7 Å². The first-order chi connectivity index (χ1) is 13.1. The predicted octanol–water partition coefficient (Wildman–Crippen LogP) is 1.75. The lowest BCUT2D eigenvalue weighted by molar-refractivity contribution is -0.143. The van der Waals surface area contributed by atoms with Gasteiger partial charge >= 0.3 is 18.0 Å². The number of rotatable bonds is 9. The summed E-state index contributed by atoms with van der Waals surface area (Å²) in [5, 5.41) is 21.3. The average Bonchev–Trinajstić information content (AvgIpc) is 2.92. The van der Waals surface area contributed by atoms with Crippen LogP contribution in [0.4, 0.5) is 19.3 Å². The van der Waals surface area contributed by atoms with Crippen LogP contribution in [-0.4, -0.2) is 64.8 Å². The molecule has 0 bridgehead atoms. The Labute approximate surface area is 160 Å². The van der Waals surface area contributed by atoms with Crippen LogP contribution in [0.15, 0.2) is 18.2 Å². The van der Waals surface area contributed by atoms with Gasteiger partial charge in [-0.1, -0.05) is 13.8 Å². The number of nitrogens with zero attached hydrogens (tertiary/aromatic N) is 2. The monoisotopic (exact) mass is 399 g/mol. The first-order valence-corrected chi connectivity index (χ1v) is 8.82. The maximum atomic E-state index is 13.4. The summed E-state index contributed by atoms with van der Waals surface area (Å²) in [6.07, 6.45) is 0.224. The molecule has 1 saturated heterocycles. The summed E-state index contributed by atoms with van der Waals surface area (Å²) in [6, 6.07) is -0.262. The maximum absolute atomic E-state index is 13.4. The number of carboxylic acid groups (broad SMARTS) is 2. The van der Waals surface area contributed by atoms with Gasteiger partial charge in [0.25, 0.3) is 0 Å². The van der Waals surface area contributed by atoms with E-state index in [2.05, 4.69) is 5.32 Å². The molecular weight excluding hydrogens is 376 g/mol. The minimum Gasteiger partial charge on any atom is -0.480 e. The second-order valence-corrected chi connectivity index (χ2v) is 7.09. The Morgan fingerprint density at radius 3 is 2.14 bits per heavy atom. The summed E-state index contributed by atoms with van der Waals surface area (Å²) in [7, 11) is 0. The van der Waals surface area contributed by atoms with Crippen LogP contribution in [-0.2, 0) is 9.59 Å². The molecule has 2 atom stereocenters. The molecule has 0 spiro atoms. The Morgan fingerprint density at radius 1 is 1.07 bits per heavy atom. The zero-order chi connectivity index (χ0) is 21.0. The van der Waals surface area contributed by atoms with Crippen molar-refractivity contribution in [3.63, 3.8) is 0 Å². The highest BCUT2D eigenvalue weighted by Gasteiger charge is 2.35. The lowest BCUT2D eigenvalue weighted by Gasteiger charge is -2.25. The van der Waals surface area contributed by atoms with Gasteiger partial charge in [0.05, 0.1) is 5.69 Å². The molecule has 10 heteroatoms. The largest absolute Gasteiger partial charge is 0.480 e. The van der Waals surface area contributed by atoms with Crippen molar-refractivity contribution in [2.45, 2.75) is 32.4 Å². The van der Waals surface area contributed by atoms with Gasteiger partial charge in [-0.05, 0) is 24.5 Å². The summed E-state index contributed by atoms with van der Waals surface area (Å²) in [5.41, 5.74) is 0.0352. The van der Waals surface area contributed by atoms with Gasteiger partial charge < -0.3 is 15.1 Å². The van der Waals surface area contributed by atoms with Crippen LogP contribution in [0.25, 0.3) is 0 Å². The average molecular weight is 399 g/mol. The molecule has 1 aliphatic rings. The molecule has 0 radical (unpaired) electrons. The molecule has 1 aromatic carbocycles. The summed E-state index contributed by atoms with van der Waals surface area (Å²) in [5.74, 6) is -4.11. The van der Waals surface area contributed by atoms with E-state index in [0.29, 0.717) is 6.07 Å². The van der Waals surface area contributed by atoms with Crippen molar-refractivity contribution in [1.82, 2.24) is 10.2 Å². The molecule has 0 aromatic heterocycles. The third-order valence-electron chi connectivity index (χ3n) is 4.36. The van der Waals surface area contributed by atoms with Crippen LogP contribution >= 0.6 is 0 Å². The molecule has 8 nitrogen and oxygen atoms in total. The van der Waals surface area contributed by atoms with E-state index in [4.69, 9.17) is 0 Å². The van der Waals surface area contributed by atoms with Crippen LogP contribution in [0, 0.1) is 17.6 Å². The van der Waals surface area contributed by atoms with Gasteiger partial charge in [-0.15, -0.1) is 0 Å². The quantitative estimate of drug-likeness (QED) is 0.584. The smallest absolute Gasteiger partial charge is 0.324 e. The topological polar surface area (TPSA) is 110 Å². The highest BCUT2D eigenvalue weighted by molar-refractivity contribution is 5.94. The molecule has 1 fully saturated rings. The fraction of sp³-hybridized carbons (Fsp3) is 0.500. The number of hydrogen-bond acceptors (Lipinski definition) is 4. The minimum atomic E-state index is -1.30. The van der Waals surface area contributed by atoms with E-state index in [0.717, 1.165) is 17.0 Å². The molecular formula is C18H23F2N3O5. The summed E-state index contributed by atoms with van der Waals surface area (Å²) in [6.45, 7) is 3.62. The van der Waals surface area contributed by atoms with Crippen molar-refractivity contribution < 1.29 is 33.4 Å². The van der Waals surface area contributed by atoms with Crippen LogP contribution in [0.3, 0.4) is 0 Å². The third-order valence-corrected chi connectivity index (χ3v) is 4.36. The Kier molecular flexibility index (Phi) is 6.90. The molecule has 1 heterocycles. The van der Waals surface area contributed by atoms with E-state index in [9.17, 15) is 33.4 Å². The summed E-state index contributed by atoms with van der Waals surface area (Å²) in [4.78, 5) is 37.9. The molecule has 1 aliphatic heterocycles. The Balaban J connectivity index is 2.10. The fourth-order valence-corrected chi connectivity index (χ4v) is 3.06. The second kappa shape index (κ2) is 8.96. The Morgan fingerprint density at radius 2 is 1.64 bits per heavy atom. The van der Waals surface area contributed by atoms with Crippen molar-refractivity contribution in [2.75, 3.05) is 24.5 Å². The van der Waals surface area contributed by atoms with Crippen LogP contribution < -0.4 is 10.2 Å². The number of halogens is 2. The van der Waals surface area contributed by atoms with Gasteiger partial charge in [0, 0.05) is 25.7 Å². The standard InChI is InChI=1S/C18H23F2N3O5/c1-10(2)5-14(16(24)25)21-15(17(26)27)9-22-3-4-23(18(22)28)13-7-11(19)6-12(20)8-13/h6-8,10,14-15,21H,3-5,9H2,1-2H3,(H,24,25)(H,26,27)/t14-,15-/m0/s1. The summed E-state index contributed by atoms with van der Waals surface area (Å²) >= 11 is 0. The SMILES string of the molecule is CC(C)C[C@H](N[C@@H](CN1CCN(c2cc(F)cc(F)c2)C1=O)C(=O)O)C(=O)O. The number of carbonyl (C=O) groups is 3. The highest BCUT2D eigenvalue weighted by Crippen LogP contribution is 2.23. The number of urea groups is 1. The van der Waals surface area contributed by atoms with Gasteiger partial charge in [-0.2, -0.15) is 0 Å². The van der Waals surface area contributed by atoms with Crippen molar-refractivity contribution >= 4 is 23.7 Å². The lowest BCUT2D eigenvalue weighted by atomic mass is 10.0. The number of anilines is 1. The van der Waals surface area contributed by atoms with Crippen molar-refractivity contribution in [1.29, 1.82) is 0 Å². The normalized spacial score (nSPS) is 16.5. The van der Waals surface area contributed by atoms with Crippen molar-refractivity contribution in [3.05, 3.63) is 29.8 Å². The minimum absolute atomic E-state index is 0.0230. The number of nitrogens with one attached hydrogen (secondary N) is 1. The van der Waals surface area contributed by atoms with E-state index in [1.54, 1.807) is 0 Å². The number of carboxylic acids is 2. The van der Waals surface area contributed by atoms with Crippen molar-refractivity contribution in [2.24, 2.45) is 5.92 Å². The van der Waals surface area contributed by atoms with E-state index >= 15 is 0 Å². The maximum Gasteiger partial charge on any atom is 0.324 e. The van der Waals surface area contributed by atoms with E-state index in [1.807, 2.05) is 13.8 Å². The number of benzene rings is 1. The summed E-state index contributed by atoms with van der Waals surface area (Å²) < 4.78 is 26.8. The fourth-order valence-electron chi connectivity index (χ4n) is 3.06. The van der Waals surface area contributed by atoms with E-state index < -0.39 is 41.7 Å².